The molecule has 0 atom stereocenters. The fraction of sp³-hybridized carbons (Fsp3) is 0.600. The Bertz CT molecular complexity index is 303. The van der Waals surface area contributed by atoms with Crippen LogP contribution in [0.2, 0.25) is 0 Å². The molecule has 0 aliphatic carbocycles. The molecule has 0 aromatic carbocycles. The zero-order valence-corrected chi connectivity index (χ0v) is 10.1. The Hall–Kier alpha value is -0.970. The molecule has 0 spiro atoms. The average molecular weight is 227 g/mol. The van der Waals surface area contributed by atoms with Crippen LogP contribution in [0.5, 0.6) is 0 Å². The van der Waals surface area contributed by atoms with Crippen LogP contribution in [-0.4, -0.2) is 26.4 Å². The van der Waals surface area contributed by atoms with Crippen LogP contribution in [0.3, 0.4) is 0 Å². The zero-order chi connectivity index (χ0) is 11.3. The molecule has 4 nitrogen and oxygen atoms in total. The number of carbonyl (C=O) groups excluding carboxylic acids is 1. The van der Waals surface area contributed by atoms with Gasteiger partial charge in [-0.1, -0.05) is 20.8 Å². The summed E-state index contributed by atoms with van der Waals surface area (Å²) in [5, 5.41) is 2.83. The smallest absolute Gasteiger partial charge is 0.230 e. The van der Waals surface area contributed by atoms with E-state index in [1.54, 1.807) is 24.3 Å². The van der Waals surface area contributed by atoms with Gasteiger partial charge in [0.15, 0.2) is 0 Å². The number of nitrogens with one attached hydrogen (secondary N) is 2. The number of nitrogens with zero attached hydrogens (tertiary/aromatic N) is 1. The number of aromatic amines is 1. The molecule has 0 bridgehead atoms. The Balaban J connectivity index is 2.20. The van der Waals surface area contributed by atoms with Crippen molar-refractivity contribution in [1.82, 2.24) is 15.3 Å². The Morgan fingerprint density at radius 2 is 2.33 bits per heavy atom. The van der Waals surface area contributed by atoms with Crippen LogP contribution in [0.1, 0.15) is 26.5 Å². The van der Waals surface area contributed by atoms with E-state index < -0.39 is 0 Å². The molecule has 0 aliphatic heterocycles. The zero-order valence-electron chi connectivity index (χ0n) is 9.33. The van der Waals surface area contributed by atoms with Crippen molar-refractivity contribution in [2.75, 3.05) is 5.75 Å². The molecule has 0 fully saturated rings. The first-order valence-electron chi connectivity index (χ1n) is 4.85. The van der Waals surface area contributed by atoms with Crippen molar-refractivity contribution in [2.45, 2.75) is 32.1 Å². The third-order valence-electron chi connectivity index (χ3n) is 1.67. The highest BCUT2D eigenvalue weighted by atomic mass is 32.2. The van der Waals surface area contributed by atoms with E-state index in [1.807, 2.05) is 0 Å². The summed E-state index contributed by atoms with van der Waals surface area (Å²) in [7, 11) is 0. The second-order valence-corrected chi connectivity index (χ2v) is 6.06. The van der Waals surface area contributed by atoms with Gasteiger partial charge >= 0.3 is 0 Å². The Morgan fingerprint density at radius 3 is 2.87 bits per heavy atom. The maximum atomic E-state index is 11.4. The molecule has 1 rings (SSSR count). The van der Waals surface area contributed by atoms with Gasteiger partial charge in [0.2, 0.25) is 5.91 Å². The number of H-pyrrole nitrogens is 1. The third kappa shape index (κ3) is 5.47. The van der Waals surface area contributed by atoms with Crippen LogP contribution in [-0.2, 0) is 11.3 Å². The van der Waals surface area contributed by atoms with Gasteiger partial charge in [0.1, 0.15) is 0 Å². The highest BCUT2D eigenvalue weighted by Gasteiger charge is 2.12. The maximum absolute atomic E-state index is 11.4. The number of hydrogen-bond donors (Lipinski definition) is 2. The molecule has 15 heavy (non-hydrogen) atoms. The SMILES string of the molecule is CC(C)(C)SCC(=O)NCc1cnc[nH]1. The van der Waals surface area contributed by atoms with Gasteiger partial charge in [-0.25, -0.2) is 4.98 Å². The summed E-state index contributed by atoms with van der Waals surface area (Å²) < 4.78 is 0.130. The van der Waals surface area contributed by atoms with Crippen molar-refractivity contribution < 1.29 is 4.79 Å². The number of amides is 1. The lowest BCUT2D eigenvalue weighted by atomic mass is 10.3. The minimum absolute atomic E-state index is 0.0597. The van der Waals surface area contributed by atoms with E-state index in [0.717, 1.165) is 5.69 Å². The molecule has 0 radical (unpaired) electrons. The number of imidazole rings is 1. The van der Waals surface area contributed by atoms with Crippen molar-refractivity contribution in [3.05, 3.63) is 18.2 Å². The van der Waals surface area contributed by atoms with Gasteiger partial charge in [0, 0.05) is 10.9 Å². The van der Waals surface area contributed by atoms with E-state index in [1.165, 1.54) is 0 Å². The van der Waals surface area contributed by atoms with Crippen LogP contribution >= 0.6 is 11.8 Å². The Morgan fingerprint density at radius 1 is 1.60 bits per heavy atom. The van der Waals surface area contributed by atoms with E-state index in [0.29, 0.717) is 12.3 Å². The van der Waals surface area contributed by atoms with Crippen molar-refractivity contribution in [2.24, 2.45) is 0 Å². The van der Waals surface area contributed by atoms with Gasteiger partial charge in [-0.05, 0) is 0 Å². The first-order valence-corrected chi connectivity index (χ1v) is 5.84. The normalized spacial score (nSPS) is 11.4. The van der Waals surface area contributed by atoms with Gasteiger partial charge in [-0.3, -0.25) is 4.79 Å². The van der Waals surface area contributed by atoms with E-state index in [2.05, 4.69) is 36.1 Å². The maximum Gasteiger partial charge on any atom is 0.230 e. The lowest BCUT2D eigenvalue weighted by Gasteiger charge is -2.16. The molecule has 0 unspecified atom stereocenters. The number of carbonyl (C=O) groups is 1. The molecule has 5 heteroatoms. The predicted molar refractivity (Wildman–Crippen MR) is 62.6 cm³/mol. The Labute approximate surface area is 94.2 Å². The molecular formula is C10H17N3OS. The summed E-state index contributed by atoms with van der Waals surface area (Å²) in [6.45, 7) is 6.81. The van der Waals surface area contributed by atoms with Gasteiger partial charge < -0.3 is 10.3 Å². The second-order valence-electron chi connectivity index (χ2n) is 4.25. The summed E-state index contributed by atoms with van der Waals surface area (Å²) in [4.78, 5) is 18.2. The van der Waals surface area contributed by atoms with Crippen LogP contribution in [0.15, 0.2) is 12.5 Å². The Kier molecular flexibility index (Phi) is 4.20. The van der Waals surface area contributed by atoms with E-state index in [4.69, 9.17) is 0 Å². The number of rotatable bonds is 4. The third-order valence-corrected chi connectivity index (χ3v) is 2.94. The predicted octanol–water partition coefficient (Wildman–Crippen LogP) is 1.56. The molecule has 0 saturated carbocycles. The fourth-order valence-corrected chi connectivity index (χ4v) is 1.57. The molecule has 2 N–H and O–H groups in total. The van der Waals surface area contributed by atoms with Gasteiger partial charge in [0.25, 0.3) is 0 Å². The van der Waals surface area contributed by atoms with Gasteiger partial charge in [-0.2, -0.15) is 0 Å². The first-order chi connectivity index (χ1) is 6.97. The molecule has 1 aromatic heterocycles. The van der Waals surface area contributed by atoms with Crippen molar-refractivity contribution >= 4 is 17.7 Å². The van der Waals surface area contributed by atoms with Crippen LogP contribution < -0.4 is 5.32 Å². The molecule has 0 aliphatic rings. The topological polar surface area (TPSA) is 57.8 Å². The molecular weight excluding hydrogens is 210 g/mol. The average Bonchev–Trinajstić information content (AvgIpc) is 2.62. The van der Waals surface area contributed by atoms with Crippen molar-refractivity contribution in [3.8, 4) is 0 Å². The summed E-state index contributed by atoms with van der Waals surface area (Å²) in [5.41, 5.74) is 0.920. The number of aromatic nitrogens is 2. The van der Waals surface area contributed by atoms with Gasteiger partial charge in [0.05, 0.1) is 24.3 Å². The monoisotopic (exact) mass is 227 g/mol. The summed E-state index contributed by atoms with van der Waals surface area (Å²) >= 11 is 1.64. The van der Waals surface area contributed by atoms with E-state index in [-0.39, 0.29) is 10.7 Å². The lowest BCUT2D eigenvalue weighted by Crippen LogP contribution is -2.26. The number of hydrogen-bond acceptors (Lipinski definition) is 3. The number of thioether (sulfide) groups is 1. The lowest BCUT2D eigenvalue weighted by molar-refractivity contribution is -0.118. The van der Waals surface area contributed by atoms with E-state index >= 15 is 0 Å². The van der Waals surface area contributed by atoms with Gasteiger partial charge in [-0.15, -0.1) is 11.8 Å². The quantitative estimate of drug-likeness (QED) is 0.820. The minimum Gasteiger partial charge on any atom is -0.350 e. The summed E-state index contributed by atoms with van der Waals surface area (Å²) in [5.74, 6) is 0.557. The first kappa shape index (κ1) is 12.1. The highest BCUT2D eigenvalue weighted by Crippen LogP contribution is 2.22. The molecule has 1 amide bonds. The van der Waals surface area contributed by atoms with Crippen molar-refractivity contribution in [1.29, 1.82) is 0 Å². The van der Waals surface area contributed by atoms with Crippen LogP contribution in [0, 0.1) is 0 Å². The largest absolute Gasteiger partial charge is 0.350 e. The minimum atomic E-state index is 0.0597. The fourth-order valence-electron chi connectivity index (χ4n) is 0.908. The molecule has 84 valence electrons. The molecule has 1 heterocycles. The summed E-state index contributed by atoms with van der Waals surface area (Å²) in [6, 6.07) is 0. The molecule has 1 aromatic rings. The van der Waals surface area contributed by atoms with Crippen LogP contribution in [0.4, 0.5) is 0 Å². The highest BCUT2D eigenvalue weighted by molar-refractivity contribution is 8.01. The second kappa shape index (κ2) is 5.21. The van der Waals surface area contributed by atoms with Crippen LogP contribution in [0.25, 0.3) is 0 Å². The van der Waals surface area contributed by atoms with Crippen molar-refractivity contribution in [3.63, 3.8) is 0 Å². The molecule has 0 saturated heterocycles. The standard InChI is InChI=1S/C10H17N3OS/c1-10(2,3)15-6-9(14)12-5-8-4-11-7-13-8/h4,7H,5-6H2,1-3H3,(H,11,13)(H,12,14). The summed E-state index contributed by atoms with van der Waals surface area (Å²) in [6.07, 6.45) is 3.31. The van der Waals surface area contributed by atoms with E-state index in [9.17, 15) is 4.79 Å².